The van der Waals surface area contributed by atoms with Gasteiger partial charge in [0.05, 0.1) is 17.6 Å². The molecular formula is C8H12N4O. The molecule has 0 fully saturated rings. The first-order valence-electron chi connectivity index (χ1n) is 3.91. The molecule has 0 radical (unpaired) electrons. The van der Waals surface area contributed by atoms with Gasteiger partial charge in [0.15, 0.2) is 0 Å². The van der Waals surface area contributed by atoms with E-state index in [1.165, 1.54) is 0 Å². The number of anilines is 2. The van der Waals surface area contributed by atoms with Crippen molar-refractivity contribution in [1.29, 1.82) is 0 Å². The second-order valence-electron chi connectivity index (χ2n) is 2.65. The molecule has 1 heterocycles. The molecule has 0 spiro atoms. The molecule has 0 bridgehead atoms. The summed E-state index contributed by atoms with van der Waals surface area (Å²) >= 11 is 0. The Morgan fingerprint density at radius 2 is 2.31 bits per heavy atom. The van der Waals surface area contributed by atoms with Crippen LogP contribution in [0.25, 0.3) is 0 Å². The van der Waals surface area contributed by atoms with Crippen LogP contribution in [0.5, 0.6) is 0 Å². The van der Waals surface area contributed by atoms with Gasteiger partial charge in [-0.2, -0.15) is 0 Å². The van der Waals surface area contributed by atoms with Gasteiger partial charge in [0.25, 0.3) is 0 Å². The number of hydrogen-bond donors (Lipinski definition) is 3. The molecule has 1 aromatic rings. The van der Waals surface area contributed by atoms with Crippen molar-refractivity contribution in [2.45, 2.75) is 6.42 Å². The lowest BCUT2D eigenvalue weighted by Crippen LogP contribution is -2.15. The Kier molecular flexibility index (Phi) is 3.08. The van der Waals surface area contributed by atoms with E-state index < -0.39 is 0 Å². The summed E-state index contributed by atoms with van der Waals surface area (Å²) in [5, 5.41) is 2.97. The van der Waals surface area contributed by atoms with Crippen molar-refractivity contribution < 1.29 is 4.79 Å². The van der Waals surface area contributed by atoms with Crippen LogP contribution in [0.3, 0.4) is 0 Å². The number of nitrogens with one attached hydrogen (secondary N) is 1. The Hall–Kier alpha value is -1.78. The van der Waals surface area contributed by atoms with Crippen LogP contribution >= 0.6 is 0 Å². The zero-order valence-corrected chi connectivity index (χ0v) is 7.16. The summed E-state index contributed by atoms with van der Waals surface area (Å²) in [6.45, 7) is 0.500. The van der Waals surface area contributed by atoms with E-state index in [4.69, 9.17) is 11.5 Å². The van der Waals surface area contributed by atoms with Crippen LogP contribution in [-0.4, -0.2) is 17.4 Å². The molecule has 0 unspecified atom stereocenters. The third-order valence-electron chi connectivity index (χ3n) is 1.46. The summed E-state index contributed by atoms with van der Waals surface area (Å²) < 4.78 is 0. The first-order valence-corrected chi connectivity index (χ1v) is 3.91. The SMILES string of the molecule is NC(=O)CCNc1cncc(N)c1. The predicted molar refractivity (Wildman–Crippen MR) is 51.0 cm³/mol. The Morgan fingerprint density at radius 3 is 2.92 bits per heavy atom. The highest BCUT2D eigenvalue weighted by Gasteiger charge is 1.95. The van der Waals surface area contributed by atoms with Crippen LogP contribution in [-0.2, 0) is 4.79 Å². The molecular weight excluding hydrogens is 168 g/mol. The van der Waals surface area contributed by atoms with E-state index in [0.717, 1.165) is 5.69 Å². The number of pyridine rings is 1. The quantitative estimate of drug-likeness (QED) is 0.605. The number of nitrogen functional groups attached to an aromatic ring is 1. The van der Waals surface area contributed by atoms with Gasteiger partial charge in [0, 0.05) is 19.2 Å². The Morgan fingerprint density at radius 1 is 1.54 bits per heavy atom. The highest BCUT2D eigenvalue weighted by molar-refractivity contribution is 5.74. The average molecular weight is 180 g/mol. The lowest BCUT2D eigenvalue weighted by Gasteiger charge is -2.04. The third-order valence-corrected chi connectivity index (χ3v) is 1.46. The smallest absolute Gasteiger partial charge is 0.219 e. The fraction of sp³-hybridized carbons (Fsp3) is 0.250. The molecule has 70 valence electrons. The van der Waals surface area contributed by atoms with E-state index in [2.05, 4.69) is 10.3 Å². The zero-order valence-electron chi connectivity index (χ0n) is 7.16. The summed E-state index contributed by atoms with van der Waals surface area (Å²) in [5.41, 5.74) is 11.8. The zero-order chi connectivity index (χ0) is 9.68. The number of carbonyl (C=O) groups excluding carboxylic acids is 1. The number of nitrogens with two attached hydrogens (primary N) is 2. The van der Waals surface area contributed by atoms with Gasteiger partial charge in [0.1, 0.15) is 0 Å². The maximum Gasteiger partial charge on any atom is 0.219 e. The molecule has 0 saturated carbocycles. The number of amides is 1. The molecule has 0 aliphatic rings. The molecule has 5 N–H and O–H groups in total. The van der Waals surface area contributed by atoms with Crippen LogP contribution in [0, 0.1) is 0 Å². The van der Waals surface area contributed by atoms with Gasteiger partial charge in [-0.15, -0.1) is 0 Å². The van der Waals surface area contributed by atoms with Crippen LogP contribution in [0.2, 0.25) is 0 Å². The number of aromatic nitrogens is 1. The summed E-state index contributed by atoms with van der Waals surface area (Å²) in [7, 11) is 0. The van der Waals surface area contributed by atoms with Crippen molar-refractivity contribution in [3.8, 4) is 0 Å². The van der Waals surface area contributed by atoms with Gasteiger partial charge in [-0.1, -0.05) is 0 Å². The Balaban J connectivity index is 2.41. The van der Waals surface area contributed by atoms with Gasteiger partial charge >= 0.3 is 0 Å². The van der Waals surface area contributed by atoms with Gasteiger partial charge in [-0.3, -0.25) is 9.78 Å². The standard InChI is InChI=1S/C8H12N4O/c9-6-3-7(5-11-4-6)12-2-1-8(10)13/h3-5,12H,1-2,9H2,(H2,10,13). The molecule has 0 aliphatic carbocycles. The molecule has 1 rings (SSSR count). The lowest BCUT2D eigenvalue weighted by molar-refractivity contribution is -0.117. The summed E-state index contributed by atoms with van der Waals surface area (Å²) in [4.78, 5) is 14.3. The lowest BCUT2D eigenvalue weighted by atomic mass is 10.3. The topological polar surface area (TPSA) is 94.0 Å². The average Bonchev–Trinajstić information content (AvgIpc) is 2.03. The predicted octanol–water partition coefficient (Wildman–Crippen LogP) is -0.0489. The number of primary amides is 1. The van der Waals surface area contributed by atoms with Gasteiger partial charge in [-0.05, 0) is 6.07 Å². The van der Waals surface area contributed by atoms with Crippen molar-refractivity contribution in [3.05, 3.63) is 18.5 Å². The van der Waals surface area contributed by atoms with E-state index in [9.17, 15) is 4.79 Å². The van der Waals surface area contributed by atoms with Crippen LogP contribution in [0.1, 0.15) is 6.42 Å². The van der Waals surface area contributed by atoms with E-state index in [-0.39, 0.29) is 5.91 Å². The van der Waals surface area contributed by atoms with Gasteiger partial charge < -0.3 is 16.8 Å². The third kappa shape index (κ3) is 3.42. The summed E-state index contributed by atoms with van der Waals surface area (Å²) in [6, 6.07) is 1.74. The monoisotopic (exact) mass is 180 g/mol. The maximum atomic E-state index is 10.4. The Bertz CT molecular complexity index is 300. The second-order valence-corrected chi connectivity index (χ2v) is 2.65. The molecule has 1 aromatic heterocycles. The van der Waals surface area contributed by atoms with Gasteiger partial charge in [0.2, 0.25) is 5.91 Å². The maximum absolute atomic E-state index is 10.4. The number of hydrogen-bond acceptors (Lipinski definition) is 4. The molecule has 0 atom stereocenters. The first kappa shape index (κ1) is 9.31. The fourth-order valence-corrected chi connectivity index (χ4v) is 0.884. The van der Waals surface area contributed by atoms with Crippen molar-refractivity contribution in [1.82, 2.24) is 4.98 Å². The molecule has 0 aromatic carbocycles. The van der Waals surface area contributed by atoms with Crippen molar-refractivity contribution in [2.24, 2.45) is 5.73 Å². The minimum atomic E-state index is -0.329. The molecule has 5 nitrogen and oxygen atoms in total. The summed E-state index contributed by atoms with van der Waals surface area (Å²) in [5.74, 6) is -0.329. The van der Waals surface area contributed by atoms with Crippen molar-refractivity contribution in [3.63, 3.8) is 0 Å². The minimum absolute atomic E-state index is 0.300. The molecule has 0 saturated heterocycles. The van der Waals surface area contributed by atoms with E-state index >= 15 is 0 Å². The second kappa shape index (κ2) is 4.30. The highest BCUT2D eigenvalue weighted by Crippen LogP contribution is 2.08. The van der Waals surface area contributed by atoms with Crippen LogP contribution in [0.15, 0.2) is 18.5 Å². The summed E-state index contributed by atoms with van der Waals surface area (Å²) in [6.07, 6.45) is 3.49. The number of rotatable bonds is 4. The number of carbonyl (C=O) groups is 1. The largest absolute Gasteiger partial charge is 0.397 e. The molecule has 5 heteroatoms. The Labute approximate surface area is 76.1 Å². The molecule has 0 aliphatic heterocycles. The minimum Gasteiger partial charge on any atom is -0.397 e. The molecule has 1 amide bonds. The number of nitrogens with zero attached hydrogens (tertiary/aromatic N) is 1. The van der Waals surface area contributed by atoms with Gasteiger partial charge in [-0.25, -0.2) is 0 Å². The first-order chi connectivity index (χ1) is 6.18. The van der Waals surface area contributed by atoms with E-state index in [0.29, 0.717) is 18.7 Å². The van der Waals surface area contributed by atoms with Crippen LogP contribution in [0.4, 0.5) is 11.4 Å². The van der Waals surface area contributed by atoms with Crippen molar-refractivity contribution in [2.75, 3.05) is 17.6 Å². The highest BCUT2D eigenvalue weighted by atomic mass is 16.1. The normalized spacial score (nSPS) is 9.54. The van der Waals surface area contributed by atoms with E-state index in [1.54, 1.807) is 18.5 Å². The fourth-order valence-electron chi connectivity index (χ4n) is 0.884. The van der Waals surface area contributed by atoms with Crippen LogP contribution < -0.4 is 16.8 Å². The van der Waals surface area contributed by atoms with Crippen molar-refractivity contribution >= 4 is 17.3 Å². The van der Waals surface area contributed by atoms with E-state index in [1.807, 2.05) is 0 Å². The molecule has 13 heavy (non-hydrogen) atoms.